The lowest BCUT2D eigenvalue weighted by Gasteiger charge is -2.11. The van der Waals surface area contributed by atoms with Crippen molar-refractivity contribution in [2.75, 3.05) is 6.61 Å². The summed E-state index contributed by atoms with van der Waals surface area (Å²) >= 11 is 0. The topological polar surface area (TPSA) is 56.5 Å². The molecule has 0 N–H and O–H groups in total. The van der Waals surface area contributed by atoms with Gasteiger partial charge in [0.1, 0.15) is 5.92 Å². The Kier molecular flexibility index (Phi) is 4.76. The molecule has 0 bridgehead atoms. The lowest BCUT2D eigenvalue weighted by molar-refractivity contribution is -0.146. The molecule has 1 aromatic rings. The Labute approximate surface area is 94.6 Å². The molecule has 0 aliphatic rings. The lowest BCUT2D eigenvalue weighted by atomic mass is 9.97. The van der Waals surface area contributed by atoms with Gasteiger partial charge >= 0.3 is 5.97 Å². The second kappa shape index (κ2) is 6.10. The first-order chi connectivity index (χ1) is 7.70. The van der Waals surface area contributed by atoms with Crippen molar-refractivity contribution in [3.63, 3.8) is 0 Å². The van der Waals surface area contributed by atoms with Gasteiger partial charge in [-0.3, -0.25) is 9.59 Å². The monoisotopic (exact) mass is 224 g/mol. The van der Waals surface area contributed by atoms with Crippen molar-refractivity contribution in [3.05, 3.63) is 24.2 Å². The summed E-state index contributed by atoms with van der Waals surface area (Å²) in [5, 5.41) is 0. The molecule has 1 unspecified atom stereocenters. The molecule has 0 saturated heterocycles. The van der Waals surface area contributed by atoms with Gasteiger partial charge in [-0.1, -0.05) is 13.3 Å². The van der Waals surface area contributed by atoms with E-state index < -0.39 is 11.9 Å². The molecular formula is C12H16O4. The Morgan fingerprint density at radius 3 is 2.69 bits per heavy atom. The van der Waals surface area contributed by atoms with E-state index in [1.807, 2.05) is 6.92 Å². The van der Waals surface area contributed by atoms with Gasteiger partial charge in [-0.15, -0.1) is 0 Å². The van der Waals surface area contributed by atoms with Gasteiger partial charge in [0.15, 0.2) is 5.76 Å². The van der Waals surface area contributed by atoms with E-state index in [0.29, 0.717) is 6.42 Å². The molecule has 4 heteroatoms. The van der Waals surface area contributed by atoms with E-state index in [9.17, 15) is 9.59 Å². The summed E-state index contributed by atoms with van der Waals surface area (Å²) in [6, 6.07) is 3.19. The molecule has 0 aliphatic carbocycles. The van der Waals surface area contributed by atoms with Crippen LogP contribution in [0.2, 0.25) is 0 Å². The van der Waals surface area contributed by atoms with Gasteiger partial charge in [0.2, 0.25) is 5.78 Å². The maximum Gasteiger partial charge on any atom is 0.316 e. The van der Waals surface area contributed by atoms with Crippen LogP contribution in [0.5, 0.6) is 0 Å². The van der Waals surface area contributed by atoms with Gasteiger partial charge in [-0.05, 0) is 25.5 Å². The molecule has 4 nitrogen and oxygen atoms in total. The Bertz CT molecular complexity index is 340. The summed E-state index contributed by atoms with van der Waals surface area (Å²) in [5.74, 6) is -1.29. The zero-order valence-corrected chi connectivity index (χ0v) is 9.56. The summed E-state index contributed by atoms with van der Waals surface area (Å²) in [6.07, 6.45) is 2.65. The van der Waals surface area contributed by atoms with E-state index >= 15 is 0 Å². The average Bonchev–Trinajstić information content (AvgIpc) is 2.78. The van der Waals surface area contributed by atoms with Crippen LogP contribution in [-0.2, 0) is 9.53 Å². The van der Waals surface area contributed by atoms with Crippen molar-refractivity contribution >= 4 is 11.8 Å². The minimum Gasteiger partial charge on any atom is -0.465 e. The van der Waals surface area contributed by atoms with E-state index in [1.54, 1.807) is 19.1 Å². The Morgan fingerprint density at radius 2 is 2.19 bits per heavy atom. The minimum atomic E-state index is -0.740. The number of Topliss-reactive ketones (excluding diaryl/α,β-unsaturated/α-hetero) is 1. The SMILES string of the molecule is CCCC(C(=O)OCC)C(=O)c1ccco1. The predicted octanol–water partition coefficient (Wildman–Crippen LogP) is 2.44. The van der Waals surface area contributed by atoms with E-state index in [-0.39, 0.29) is 18.2 Å². The highest BCUT2D eigenvalue weighted by molar-refractivity contribution is 6.07. The number of ether oxygens (including phenoxy) is 1. The fourth-order valence-corrected chi connectivity index (χ4v) is 1.48. The second-order valence-corrected chi connectivity index (χ2v) is 3.43. The maximum absolute atomic E-state index is 11.9. The summed E-state index contributed by atoms with van der Waals surface area (Å²) in [4.78, 5) is 23.5. The molecule has 1 aromatic heterocycles. The Balaban J connectivity index is 2.77. The molecule has 0 saturated carbocycles. The van der Waals surface area contributed by atoms with Crippen molar-refractivity contribution < 1.29 is 18.7 Å². The first-order valence-corrected chi connectivity index (χ1v) is 5.45. The zero-order chi connectivity index (χ0) is 12.0. The number of hydrogen-bond acceptors (Lipinski definition) is 4. The van der Waals surface area contributed by atoms with Gasteiger partial charge in [0.25, 0.3) is 0 Å². The van der Waals surface area contributed by atoms with Crippen molar-refractivity contribution in [3.8, 4) is 0 Å². The van der Waals surface area contributed by atoms with Crippen LogP contribution >= 0.6 is 0 Å². The van der Waals surface area contributed by atoms with Crippen molar-refractivity contribution in [2.24, 2.45) is 5.92 Å². The van der Waals surface area contributed by atoms with E-state index in [0.717, 1.165) is 6.42 Å². The van der Waals surface area contributed by atoms with Gasteiger partial charge < -0.3 is 9.15 Å². The fraction of sp³-hybridized carbons (Fsp3) is 0.500. The third kappa shape index (κ3) is 2.95. The molecule has 0 radical (unpaired) electrons. The molecule has 0 amide bonds. The maximum atomic E-state index is 11.9. The predicted molar refractivity (Wildman–Crippen MR) is 58.1 cm³/mol. The van der Waals surface area contributed by atoms with Crippen LogP contribution in [0.1, 0.15) is 37.2 Å². The second-order valence-electron chi connectivity index (χ2n) is 3.43. The molecule has 1 rings (SSSR count). The molecule has 0 aromatic carbocycles. The highest BCUT2D eigenvalue weighted by Crippen LogP contribution is 2.16. The molecule has 16 heavy (non-hydrogen) atoms. The largest absolute Gasteiger partial charge is 0.465 e. The van der Waals surface area contributed by atoms with Crippen molar-refractivity contribution in [1.29, 1.82) is 0 Å². The average molecular weight is 224 g/mol. The minimum absolute atomic E-state index is 0.214. The summed E-state index contributed by atoms with van der Waals surface area (Å²) in [7, 11) is 0. The van der Waals surface area contributed by atoms with Gasteiger partial charge in [-0.2, -0.15) is 0 Å². The number of rotatable bonds is 6. The van der Waals surface area contributed by atoms with E-state index in [2.05, 4.69) is 0 Å². The summed E-state index contributed by atoms with van der Waals surface area (Å²) < 4.78 is 9.87. The summed E-state index contributed by atoms with van der Waals surface area (Å²) in [6.45, 7) is 3.92. The highest BCUT2D eigenvalue weighted by Gasteiger charge is 2.29. The Hall–Kier alpha value is -1.58. The van der Waals surface area contributed by atoms with Crippen LogP contribution in [-0.4, -0.2) is 18.4 Å². The third-order valence-electron chi connectivity index (χ3n) is 2.23. The van der Waals surface area contributed by atoms with Gasteiger partial charge in [0.05, 0.1) is 12.9 Å². The third-order valence-corrected chi connectivity index (χ3v) is 2.23. The first-order valence-electron chi connectivity index (χ1n) is 5.45. The van der Waals surface area contributed by atoms with Crippen molar-refractivity contribution in [2.45, 2.75) is 26.7 Å². The van der Waals surface area contributed by atoms with Crippen LogP contribution in [0.15, 0.2) is 22.8 Å². The molecule has 0 spiro atoms. The van der Waals surface area contributed by atoms with Crippen LogP contribution in [0.25, 0.3) is 0 Å². The van der Waals surface area contributed by atoms with Crippen LogP contribution in [0.4, 0.5) is 0 Å². The van der Waals surface area contributed by atoms with Gasteiger partial charge in [0, 0.05) is 0 Å². The van der Waals surface area contributed by atoms with Crippen LogP contribution in [0, 0.1) is 5.92 Å². The number of esters is 1. The van der Waals surface area contributed by atoms with Crippen LogP contribution in [0.3, 0.4) is 0 Å². The fourth-order valence-electron chi connectivity index (χ4n) is 1.48. The lowest BCUT2D eigenvalue weighted by Crippen LogP contribution is -2.26. The summed E-state index contributed by atoms with van der Waals surface area (Å²) in [5.41, 5.74) is 0. The number of furan rings is 1. The molecule has 88 valence electrons. The molecule has 0 fully saturated rings. The van der Waals surface area contributed by atoms with E-state index in [1.165, 1.54) is 6.26 Å². The van der Waals surface area contributed by atoms with Crippen molar-refractivity contribution in [1.82, 2.24) is 0 Å². The molecule has 0 aliphatic heterocycles. The quantitative estimate of drug-likeness (QED) is 0.423. The normalized spacial score (nSPS) is 12.1. The number of ketones is 1. The number of carbonyl (C=O) groups excluding carboxylic acids is 2. The highest BCUT2D eigenvalue weighted by atomic mass is 16.5. The Morgan fingerprint density at radius 1 is 1.44 bits per heavy atom. The first kappa shape index (κ1) is 12.5. The number of hydrogen-bond donors (Lipinski definition) is 0. The standard InChI is InChI=1S/C12H16O4/c1-3-6-9(12(14)15-4-2)11(13)10-7-5-8-16-10/h5,7-9H,3-4,6H2,1-2H3. The smallest absolute Gasteiger partial charge is 0.316 e. The zero-order valence-electron chi connectivity index (χ0n) is 9.56. The number of carbonyl (C=O) groups is 2. The van der Waals surface area contributed by atoms with Gasteiger partial charge in [-0.25, -0.2) is 0 Å². The van der Waals surface area contributed by atoms with Crippen LogP contribution < -0.4 is 0 Å². The molecule has 1 heterocycles. The van der Waals surface area contributed by atoms with E-state index in [4.69, 9.17) is 9.15 Å². The molecule has 1 atom stereocenters. The molecular weight excluding hydrogens is 208 g/mol.